The fourth-order valence-electron chi connectivity index (χ4n) is 1.92. The highest BCUT2D eigenvalue weighted by Crippen LogP contribution is 2.21. The molecule has 0 unspecified atom stereocenters. The van der Waals surface area contributed by atoms with Crippen LogP contribution < -0.4 is 5.73 Å². The molecule has 0 spiro atoms. The zero-order chi connectivity index (χ0) is 14.5. The van der Waals surface area contributed by atoms with E-state index in [4.69, 9.17) is 5.73 Å². The molecule has 0 heterocycles. The predicted octanol–water partition coefficient (Wildman–Crippen LogP) is 3.60. The summed E-state index contributed by atoms with van der Waals surface area (Å²) in [6.45, 7) is 4.52. The zero-order valence-electron chi connectivity index (χ0n) is 11.8. The van der Waals surface area contributed by atoms with Gasteiger partial charge in [-0.2, -0.15) is 13.2 Å². The van der Waals surface area contributed by atoms with Crippen LogP contribution in [0.3, 0.4) is 0 Å². The monoisotopic (exact) mass is 310 g/mol. The highest BCUT2D eigenvalue weighted by atomic mass is 35.5. The van der Waals surface area contributed by atoms with Gasteiger partial charge in [-0.1, -0.05) is 30.3 Å². The molecule has 0 aliphatic heterocycles. The van der Waals surface area contributed by atoms with Crippen LogP contribution in [0.2, 0.25) is 0 Å². The number of halogens is 4. The molecule has 116 valence electrons. The standard InChI is InChI=1S/C14H21F3N2.ClH/c1-13(2,18)11-19(9-8-14(15,16)17)10-12-6-4-3-5-7-12;/h3-7H,8-11,18H2,1-2H3;1H. The molecule has 0 saturated carbocycles. The van der Waals surface area contributed by atoms with Gasteiger partial charge in [0.2, 0.25) is 0 Å². The average Bonchev–Trinajstić information content (AvgIpc) is 2.24. The summed E-state index contributed by atoms with van der Waals surface area (Å²) in [5.41, 5.74) is 6.39. The molecule has 1 rings (SSSR count). The minimum Gasteiger partial charge on any atom is -0.324 e. The third-order valence-electron chi connectivity index (χ3n) is 2.59. The molecule has 2 nitrogen and oxygen atoms in total. The van der Waals surface area contributed by atoms with Crippen molar-refractivity contribution < 1.29 is 13.2 Å². The lowest BCUT2D eigenvalue weighted by molar-refractivity contribution is -0.138. The van der Waals surface area contributed by atoms with Crippen molar-refractivity contribution in [1.29, 1.82) is 0 Å². The van der Waals surface area contributed by atoms with Crippen LogP contribution in [0.25, 0.3) is 0 Å². The van der Waals surface area contributed by atoms with Crippen LogP contribution in [0, 0.1) is 0 Å². The predicted molar refractivity (Wildman–Crippen MR) is 77.9 cm³/mol. The van der Waals surface area contributed by atoms with Crippen LogP contribution in [0.15, 0.2) is 30.3 Å². The Kier molecular flexibility index (Phi) is 7.55. The molecule has 0 saturated heterocycles. The number of alkyl halides is 3. The summed E-state index contributed by atoms with van der Waals surface area (Å²) in [7, 11) is 0. The fourth-order valence-corrected chi connectivity index (χ4v) is 1.92. The first-order chi connectivity index (χ1) is 8.66. The molecular weight excluding hydrogens is 289 g/mol. The van der Waals surface area contributed by atoms with Crippen LogP contribution in [0.5, 0.6) is 0 Å². The summed E-state index contributed by atoms with van der Waals surface area (Å²) < 4.78 is 37.0. The Hall–Kier alpha value is -0.780. The van der Waals surface area contributed by atoms with Gasteiger partial charge in [0, 0.05) is 25.2 Å². The molecule has 6 heteroatoms. The molecule has 0 radical (unpaired) electrons. The maximum atomic E-state index is 12.3. The first-order valence-electron chi connectivity index (χ1n) is 6.28. The van der Waals surface area contributed by atoms with Gasteiger partial charge in [-0.3, -0.25) is 4.90 Å². The van der Waals surface area contributed by atoms with E-state index in [1.165, 1.54) is 0 Å². The van der Waals surface area contributed by atoms with E-state index in [0.717, 1.165) is 5.56 Å². The van der Waals surface area contributed by atoms with Crippen LogP contribution >= 0.6 is 12.4 Å². The Morgan fingerprint density at radius 3 is 2.10 bits per heavy atom. The fraction of sp³-hybridized carbons (Fsp3) is 0.571. The summed E-state index contributed by atoms with van der Waals surface area (Å²) in [5, 5.41) is 0. The normalized spacial score (nSPS) is 12.3. The molecule has 0 amide bonds. The van der Waals surface area contributed by atoms with Gasteiger partial charge < -0.3 is 5.73 Å². The number of nitrogens with zero attached hydrogens (tertiary/aromatic N) is 1. The van der Waals surface area contributed by atoms with Crippen molar-refractivity contribution in [2.75, 3.05) is 13.1 Å². The SMILES string of the molecule is CC(C)(N)CN(CCC(F)(F)F)Cc1ccccc1.Cl. The Labute approximate surface area is 124 Å². The molecule has 20 heavy (non-hydrogen) atoms. The van der Waals surface area contributed by atoms with Crippen molar-refractivity contribution >= 4 is 12.4 Å². The van der Waals surface area contributed by atoms with Gasteiger partial charge in [0.25, 0.3) is 0 Å². The lowest BCUT2D eigenvalue weighted by atomic mass is 10.1. The van der Waals surface area contributed by atoms with Gasteiger partial charge >= 0.3 is 6.18 Å². The second kappa shape index (κ2) is 7.86. The highest BCUT2D eigenvalue weighted by molar-refractivity contribution is 5.85. The molecular formula is C14H22ClF3N2. The molecule has 2 N–H and O–H groups in total. The summed E-state index contributed by atoms with van der Waals surface area (Å²) in [4.78, 5) is 1.75. The van der Waals surface area contributed by atoms with Gasteiger partial charge in [-0.25, -0.2) is 0 Å². The van der Waals surface area contributed by atoms with E-state index in [1.807, 2.05) is 44.2 Å². The average molecular weight is 311 g/mol. The Bertz CT molecular complexity index is 374. The van der Waals surface area contributed by atoms with Gasteiger partial charge in [0.15, 0.2) is 0 Å². The number of hydrogen-bond acceptors (Lipinski definition) is 2. The number of nitrogens with two attached hydrogens (primary N) is 1. The molecule has 1 aromatic carbocycles. The van der Waals surface area contributed by atoms with Crippen LogP contribution in [-0.2, 0) is 6.54 Å². The number of hydrogen-bond donors (Lipinski definition) is 1. The molecule has 0 aliphatic carbocycles. The minimum absolute atomic E-state index is 0. The lowest BCUT2D eigenvalue weighted by Gasteiger charge is -2.30. The summed E-state index contributed by atoms with van der Waals surface area (Å²) >= 11 is 0. The lowest BCUT2D eigenvalue weighted by Crippen LogP contribution is -2.45. The Morgan fingerprint density at radius 2 is 1.65 bits per heavy atom. The smallest absolute Gasteiger partial charge is 0.324 e. The van der Waals surface area contributed by atoms with Gasteiger partial charge in [-0.15, -0.1) is 12.4 Å². The van der Waals surface area contributed by atoms with Crippen molar-refractivity contribution in [2.45, 2.75) is 38.5 Å². The number of benzene rings is 1. The molecule has 0 bridgehead atoms. The van der Waals surface area contributed by atoms with E-state index < -0.39 is 18.1 Å². The second-order valence-corrected chi connectivity index (χ2v) is 5.55. The van der Waals surface area contributed by atoms with E-state index in [0.29, 0.717) is 13.1 Å². The minimum atomic E-state index is -4.13. The molecule has 0 fully saturated rings. The Morgan fingerprint density at radius 1 is 1.10 bits per heavy atom. The zero-order valence-corrected chi connectivity index (χ0v) is 12.6. The third kappa shape index (κ3) is 9.18. The van der Waals surface area contributed by atoms with E-state index in [-0.39, 0.29) is 19.0 Å². The van der Waals surface area contributed by atoms with E-state index in [1.54, 1.807) is 4.90 Å². The largest absolute Gasteiger partial charge is 0.390 e. The van der Waals surface area contributed by atoms with Crippen LogP contribution in [-0.4, -0.2) is 29.7 Å². The third-order valence-corrected chi connectivity index (χ3v) is 2.59. The van der Waals surface area contributed by atoms with Gasteiger partial charge in [0.05, 0.1) is 6.42 Å². The maximum Gasteiger partial charge on any atom is 0.390 e. The molecule has 1 aromatic rings. The van der Waals surface area contributed by atoms with Gasteiger partial charge in [0.1, 0.15) is 0 Å². The molecule has 0 atom stereocenters. The van der Waals surface area contributed by atoms with E-state index in [9.17, 15) is 13.2 Å². The maximum absolute atomic E-state index is 12.3. The topological polar surface area (TPSA) is 29.3 Å². The van der Waals surface area contributed by atoms with Crippen molar-refractivity contribution in [3.63, 3.8) is 0 Å². The van der Waals surface area contributed by atoms with Crippen molar-refractivity contribution in [2.24, 2.45) is 5.73 Å². The second-order valence-electron chi connectivity index (χ2n) is 5.55. The van der Waals surface area contributed by atoms with Crippen LogP contribution in [0.4, 0.5) is 13.2 Å². The summed E-state index contributed by atoms with van der Waals surface area (Å²) in [6, 6.07) is 9.46. The highest BCUT2D eigenvalue weighted by Gasteiger charge is 2.28. The summed E-state index contributed by atoms with van der Waals surface area (Å²) in [5.74, 6) is 0. The molecule has 0 aromatic heterocycles. The van der Waals surface area contributed by atoms with E-state index in [2.05, 4.69) is 0 Å². The Balaban J connectivity index is 0.00000361. The van der Waals surface area contributed by atoms with Crippen LogP contribution in [0.1, 0.15) is 25.8 Å². The number of rotatable bonds is 6. The van der Waals surface area contributed by atoms with E-state index >= 15 is 0 Å². The van der Waals surface area contributed by atoms with Crippen molar-refractivity contribution in [1.82, 2.24) is 4.90 Å². The first-order valence-corrected chi connectivity index (χ1v) is 6.28. The molecule has 0 aliphatic rings. The summed E-state index contributed by atoms with van der Waals surface area (Å²) in [6.07, 6.45) is -4.94. The van der Waals surface area contributed by atoms with Crippen molar-refractivity contribution in [3.8, 4) is 0 Å². The quantitative estimate of drug-likeness (QED) is 0.870. The van der Waals surface area contributed by atoms with Gasteiger partial charge in [-0.05, 0) is 19.4 Å². The first kappa shape index (κ1) is 19.2. The van der Waals surface area contributed by atoms with Crippen molar-refractivity contribution in [3.05, 3.63) is 35.9 Å².